The molecule has 1 atom stereocenters. The third-order valence-electron chi connectivity index (χ3n) is 2.57. The van der Waals surface area contributed by atoms with E-state index >= 15 is 0 Å². The van der Waals surface area contributed by atoms with Crippen LogP contribution in [0.4, 0.5) is 0 Å². The molecule has 0 aromatic carbocycles. The molecule has 1 aromatic heterocycles. The maximum absolute atomic E-state index is 5.75. The van der Waals surface area contributed by atoms with Crippen molar-refractivity contribution in [2.45, 2.75) is 32.2 Å². The van der Waals surface area contributed by atoms with E-state index in [1.54, 1.807) is 0 Å². The van der Waals surface area contributed by atoms with Gasteiger partial charge in [0.1, 0.15) is 11.6 Å². The smallest absolute Gasteiger partial charge is 0.149 e. The molecule has 4 nitrogen and oxygen atoms in total. The second kappa shape index (κ2) is 3.10. The maximum atomic E-state index is 5.75. The molecule has 1 heterocycles. The highest BCUT2D eigenvalue weighted by Gasteiger charge is 2.24. The molecule has 1 fully saturated rings. The Morgan fingerprint density at radius 1 is 1.54 bits per heavy atom. The Bertz CT molecular complexity index is 299. The van der Waals surface area contributed by atoms with Crippen LogP contribution in [0.1, 0.15) is 37.5 Å². The molecule has 0 aliphatic heterocycles. The van der Waals surface area contributed by atoms with Gasteiger partial charge in [-0.15, -0.1) is 10.2 Å². The number of nitrogens with zero attached hydrogens (tertiary/aromatic N) is 3. The average Bonchev–Trinajstić information content (AvgIpc) is 2.78. The zero-order chi connectivity index (χ0) is 9.42. The van der Waals surface area contributed by atoms with E-state index in [9.17, 15) is 0 Å². The number of hydrogen-bond acceptors (Lipinski definition) is 3. The molecule has 13 heavy (non-hydrogen) atoms. The Labute approximate surface area is 78.1 Å². The Morgan fingerprint density at radius 3 is 2.69 bits per heavy atom. The Morgan fingerprint density at radius 2 is 2.23 bits per heavy atom. The van der Waals surface area contributed by atoms with Gasteiger partial charge in [-0.25, -0.2) is 0 Å². The summed E-state index contributed by atoms with van der Waals surface area (Å²) in [6.07, 6.45) is 3.76. The van der Waals surface area contributed by atoms with Gasteiger partial charge < -0.3 is 10.3 Å². The standard InChI is InChI=1S/C9H16N4/c1-6(10)9-12-11-8(13(9)2)5-7-3-4-7/h6-7H,3-5,10H2,1-2H3. The van der Waals surface area contributed by atoms with Gasteiger partial charge in [0, 0.05) is 13.5 Å². The number of rotatable bonds is 3. The average molecular weight is 180 g/mol. The zero-order valence-corrected chi connectivity index (χ0v) is 8.20. The maximum Gasteiger partial charge on any atom is 0.149 e. The molecule has 1 unspecified atom stereocenters. The molecule has 0 bridgehead atoms. The predicted molar refractivity (Wildman–Crippen MR) is 50.0 cm³/mol. The van der Waals surface area contributed by atoms with Crippen molar-refractivity contribution in [3.63, 3.8) is 0 Å². The third-order valence-corrected chi connectivity index (χ3v) is 2.57. The molecule has 4 heteroatoms. The Balaban J connectivity index is 2.16. The molecule has 72 valence electrons. The number of nitrogens with two attached hydrogens (primary N) is 1. The lowest BCUT2D eigenvalue weighted by Gasteiger charge is -2.05. The Kier molecular flexibility index (Phi) is 2.07. The molecule has 1 aromatic rings. The summed E-state index contributed by atoms with van der Waals surface area (Å²) in [5.41, 5.74) is 5.75. The molecule has 2 rings (SSSR count). The van der Waals surface area contributed by atoms with Crippen molar-refractivity contribution in [1.82, 2.24) is 14.8 Å². The fourth-order valence-electron chi connectivity index (χ4n) is 1.53. The van der Waals surface area contributed by atoms with Crippen molar-refractivity contribution >= 4 is 0 Å². The van der Waals surface area contributed by atoms with Crippen LogP contribution in [0, 0.1) is 5.92 Å². The van der Waals surface area contributed by atoms with E-state index in [4.69, 9.17) is 5.73 Å². The monoisotopic (exact) mass is 180 g/mol. The predicted octanol–water partition coefficient (Wildman–Crippen LogP) is 0.787. The second-order valence-corrected chi connectivity index (χ2v) is 3.97. The fraction of sp³-hybridized carbons (Fsp3) is 0.778. The summed E-state index contributed by atoms with van der Waals surface area (Å²) < 4.78 is 2.03. The minimum atomic E-state index is -0.0227. The van der Waals surface area contributed by atoms with Crippen molar-refractivity contribution in [3.8, 4) is 0 Å². The topological polar surface area (TPSA) is 56.7 Å². The van der Waals surface area contributed by atoms with E-state index in [1.165, 1.54) is 12.8 Å². The van der Waals surface area contributed by atoms with Gasteiger partial charge >= 0.3 is 0 Å². The number of aromatic nitrogens is 3. The summed E-state index contributed by atoms with van der Waals surface area (Å²) in [5.74, 6) is 2.81. The molecular formula is C9H16N4. The van der Waals surface area contributed by atoms with Gasteiger partial charge in [-0.1, -0.05) is 0 Å². The lowest BCUT2D eigenvalue weighted by atomic mass is 10.3. The summed E-state index contributed by atoms with van der Waals surface area (Å²) >= 11 is 0. The van der Waals surface area contributed by atoms with Crippen LogP contribution in [0.15, 0.2) is 0 Å². The highest BCUT2D eigenvalue weighted by Crippen LogP contribution is 2.32. The van der Waals surface area contributed by atoms with E-state index in [2.05, 4.69) is 10.2 Å². The van der Waals surface area contributed by atoms with E-state index in [0.29, 0.717) is 0 Å². The molecule has 1 aliphatic rings. The van der Waals surface area contributed by atoms with Crippen LogP contribution < -0.4 is 5.73 Å². The number of hydrogen-bond donors (Lipinski definition) is 1. The first-order valence-corrected chi connectivity index (χ1v) is 4.82. The molecule has 0 spiro atoms. The Hall–Kier alpha value is -0.900. The minimum absolute atomic E-state index is 0.0227. The SMILES string of the molecule is CC(N)c1nnc(CC2CC2)n1C. The highest BCUT2D eigenvalue weighted by molar-refractivity contribution is 5.00. The zero-order valence-electron chi connectivity index (χ0n) is 8.20. The molecule has 1 saturated carbocycles. The van der Waals surface area contributed by atoms with Crippen molar-refractivity contribution in [1.29, 1.82) is 0 Å². The van der Waals surface area contributed by atoms with Crippen LogP contribution >= 0.6 is 0 Å². The van der Waals surface area contributed by atoms with Gasteiger partial charge in [0.25, 0.3) is 0 Å². The lowest BCUT2D eigenvalue weighted by molar-refractivity contribution is 0.654. The van der Waals surface area contributed by atoms with Crippen LogP contribution in [0.5, 0.6) is 0 Å². The molecule has 0 amide bonds. The van der Waals surface area contributed by atoms with Crippen molar-refractivity contribution in [3.05, 3.63) is 11.6 Å². The molecule has 0 radical (unpaired) electrons. The van der Waals surface area contributed by atoms with Crippen LogP contribution in [0.25, 0.3) is 0 Å². The molecule has 0 saturated heterocycles. The summed E-state index contributed by atoms with van der Waals surface area (Å²) in [5, 5.41) is 8.23. The van der Waals surface area contributed by atoms with Crippen molar-refractivity contribution < 1.29 is 0 Å². The summed E-state index contributed by atoms with van der Waals surface area (Å²) in [4.78, 5) is 0. The van der Waals surface area contributed by atoms with Crippen LogP contribution in [-0.2, 0) is 13.5 Å². The van der Waals surface area contributed by atoms with Gasteiger partial charge in [0.2, 0.25) is 0 Å². The van der Waals surface area contributed by atoms with Gasteiger partial charge in [0.05, 0.1) is 6.04 Å². The van der Waals surface area contributed by atoms with Crippen molar-refractivity contribution in [2.24, 2.45) is 18.7 Å². The highest BCUT2D eigenvalue weighted by atomic mass is 15.3. The van der Waals surface area contributed by atoms with Crippen LogP contribution in [0.3, 0.4) is 0 Å². The quantitative estimate of drug-likeness (QED) is 0.748. The third kappa shape index (κ3) is 1.72. The van der Waals surface area contributed by atoms with E-state index in [1.807, 2.05) is 18.5 Å². The van der Waals surface area contributed by atoms with Gasteiger partial charge in [-0.3, -0.25) is 0 Å². The van der Waals surface area contributed by atoms with Gasteiger partial charge in [-0.2, -0.15) is 0 Å². The first-order valence-electron chi connectivity index (χ1n) is 4.82. The van der Waals surface area contributed by atoms with E-state index in [-0.39, 0.29) is 6.04 Å². The van der Waals surface area contributed by atoms with Crippen LogP contribution in [-0.4, -0.2) is 14.8 Å². The molecule has 2 N–H and O–H groups in total. The first kappa shape index (κ1) is 8.69. The normalized spacial score (nSPS) is 19.0. The first-order chi connectivity index (χ1) is 6.18. The minimum Gasteiger partial charge on any atom is -0.322 e. The van der Waals surface area contributed by atoms with Crippen LogP contribution in [0.2, 0.25) is 0 Å². The lowest BCUT2D eigenvalue weighted by Crippen LogP contribution is -2.12. The summed E-state index contributed by atoms with van der Waals surface area (Å²) in [7, 11) is 2.00. The molecule has 1 aliphatic carbocycles. The fourth-order valence-corrected chi connectivity index (χ4v) is 1.53. The summed E-state index contributed by atoms with van der Waals surface area (Å²) in [6.45, 7) is 1.94. The van der Waals surface area contributed by atoms with Gasteiger partial charge in [-0.05, 0) is 25.7 Å². The van der Waals surface area contributed by atoms with Crippen molar-refractivity contribution in [2.75, 3.05) is 0 Å². The largest absolute Gasteiger partial charge is 0.322 e. The second-order valence-electron chi connectivity index (χ2n) is 3.97. The van der Waals surface area contributed by atoms with E-state index in [0.717, 1.165) is 24.0 Å². The molecular weight excluding hydrogens is 164 g/mol. The van der Waals surface area contributed by atoms with Gasteiger partial charge in [0.15, 0.2) is 0 Å². The van der Waals surface area contributed by atoms with E-state index < -0.39 is 0 Å². The summed E-state index contributed by atoms with van der Waals surface area (Å²) in [6, 6.07) is -0.0227.